The van der Waals surface area contributed by atoms with Crippen LogP contribution in [0, 0.1) is 10.1 Å². The van der Waals surface area contributed by atoms with E-state index in [0.29, 0.717) is 23.6 Å². The molecule has 1 amide bonds. The van der Waals surface area contributed by atoms with Crippen LogP contribution in [0.4, 0.5) is 17.1 Å². The van der Waals surface area contributed by atoms with E-state index in [1.54, 1.807) is 6.07 Å². The van der Waals surface area contributed by atoms with Gasteiger partial charge >= 0.3 is 0 Å². The lowest BCUT2D eigenvalue weighted by atomic mass is 10.2. The minimum Gasteiger partial charge on any atom is -0.380 e. The molecule has 0 bridgehead atoms. The molecule has 1 atom stereocenters. The zero-order valence-electron chi connectivity index (χ0n) is 11.1. The molecule has 106 valence electrons. The van der Waals surface area contributed by atoms with Gasteiger partial charge in [-0.05, 0) is 13.0 Å². The fourth-order valence-electron chi connectivity index (χ4n) is 1.89. The molecule has 0 fully saturated rings. The van der Waals surface area contributed by atoms with E-state index in [9.17, 15) is 14.9 Å². The highest BCUT2D eigenvalue weighted by Crippen LogP contribution is 2.32. The third-order valence-corrected chi connectivity index (χ3v) is 2.73. The molecule has 1 aromatic carbocycles. The van der Waals surface area contributed by atoms with Gasteiger partial charge in [0.15, 0.2) is 0 Å². The van der Waals surface area contributed by atoms with E-state index in [-0.39, 0.29) is 17.6 Å². The fourth-order valence-corrected chi connectivity index (χ4v) is 1.89. The number of aliphatic imine (C=N–C) groups is 1. The maximum absolute atomic E-state index is 10.9. The van der Waals surface area contributed by atoms with E-state index in [1.807, 2.05) is 6.92 Å². The minimum absolute atomic E-state index is 0.0110. The number of benzene rings is 1. The Hall–Kier alpha value is -2.64. The van der Waals surface area contributed by atoms with Crippen LogP contribution in [0.3, 0.4) is 0 Å². The number of amides is 1. The number of hydrogen-bond donors (Lipinski definition) is 3. The summed E-state index contributed by atoms with van der Waals surface area (Å²) in [4.78, 5) is 25.6. The Bertz CT molecular complexity index is 584. The standard InChI is InChI=1S/C12H15N5O3/c1-7-5-12(16-15-8(2)18)14-10-4-3-9(17(19)20)6-11(10)13-7/h3-4,6-7,13H,5H2,1-2H3,(H,14,16)(H,15,18). The molecular formula is C12H15N5O3. The summed E-state index contributed by atoms with van der Waals surface area (Å²) in [5, 5.41) is 13.9. The molecule has 0 saturated carbocycles. The lowest BCUT2D eigenvalue weighted by molar-refractivity contribution is -0.384. The molecule has 1 aliphatic heterocycles. The Morgan fingerprint density at radius 3 is 2.95 bits per heavy atom. The van der Waals surface area contributed by atoms with Crippen molar-refractivity contribution in [1.82, 2.24) is 10.9 Å². The number of carbonyl (C=O) groups excluding carboxylic acids is 1. The van der Waals surface area contributed by atoms with E-state index in [0.717, 1.165) is 0 Å². The Morgan fingerprint density at radius 2 is 2.30 bits per heavy atom. The number of nitro benzene ring substituents is 1. The van der Waals surface area contributed by atoms with Gasteiger partial charge in [-0.3, -0.25) is 25.8 Å². The minimum atomic E-state index is -0.447. The molecule has 1 heterocycles. The van der Waals surface area contributed by atoms with Gasteiger partial charge in [-0.1, -0.05) is 0 Å². The van der Waals surface area contributed by atoms with E-state index in [1.165, 1.54) is 19.1 Å². The molecule has 20 heavy (non-hydrogen) atoms. The number of hydrogen-bond acceptors (Lipinski definition) is 6. The van der Waals surface area contributed by atoms with E-state index in [2.05, 4.69) is 21.2 Å². The Labute approximate surface area is 115 Å². The van der Waals surface area contributed by atoms with Crippen LogP contribution >= 0.6 is 0 Å². The number of nitrogens with zero attached hydrogens (tertiary/aromatic N) is 2. The highest BCUT2D eigenvalue weighted by atomic mass is 16.6. The molecule has 3 N–H and O–H groups in total. The van der Waals surface area contributed by atoms with Crippen molar-refractivity contribution >= 4 is 28.8 Å². The zero-order valence-corrected chi connectivity index (χ0v) is 11.1. The molecule has 0 aliphatic carbocycles. The van der Waals surface area contributed by atoms with Gasteiger partial charge in [-0.25, -0.2) is 4.99 Å². The van der Waals surface area contributed by atoms with Gasteiger partial charge in [0.25, 0.3) is 5.69 Å². The second-order valence-electron chi connectivity index (χ2n) is 4.57. The van der Waals surface area contributed by atoms with Gasteiger partial charge in [0, 0.05) is 31.5 Å². The normalized spacial score (nSPS) is 17.1. The first-order valence-corrected chi connectivity index (χ1v) is 6.11. The number of amidine groups is 1. The van der Waals surface area contributed by atoms with Crippen molar-refractivity contribution in [1.29, 1.82) is 0 Å². The first-order chi connectivity index (χ1) is 9.45. The van der Waals surface area contributed by atoms with Crippen molar-refractivity contribution in [2.24, 2.45) is 4.99 Å². The van der Waals surface area contributed by atoms with Gasteiger partial charge in [0.05, 0.1) is 16.3 Å². The second-order valence-corrected chi connectivity index (χ2v) is 4.57. The quantitative estimate of drug-likeness (QED) is 0.532. The first-order valence-electron chi connectivity index (χ1n) is 6.11. The van der Waals surface area contributed by atoms with Gasteiger partial charge in [0.2, 0.25) is 5.91 Å². The lowest BCUT2D eigenvalue weighted by Gasteiger charge is -2.13. The van der Waals surface area contributed by atoms with Crippen LogP contribution in [0.15, 0.2) is 23.2 Å². The number of fused-ring (bicyclic) bond motifs is 1. The van der Waals surface area contributed by atoms with Crippen molar-refractivity contribution < 1.29 is 9.72 Å². The van der Waals surface area contributed by atoms with Crippen LogP contribution in [0.1, 0.15) is 20.3 Å². The summed E-state index contributed by atoms with van der Waals surface area (Å²) in [5.41, 5.74) is 6.42. The molecule has 1 unspecified atom stereocenters. The van der Waals surface area contributed by atoms with Crippen molar-refractivity contribution in [2.75, 3.05) is 5.32 Å². The maximum Gasteiger partial charge on any atom is 0.271 e. The van der Waals surface area contributed by atoms with Crippen molar-refractivity contribution in [3.8, 4) is 0 Å². The summed E-state index contributed by atoms with van der Waals surface area (Å²) in [7, 11) is 0. The van der Waals surface area contributed by atoms with Crippen LogP contribution in [-0.4, -0.2) is 22.7 Å². The number of carbonyl (C=O) groups is 1. The molecule has 8 nitrogen and oxygen atoms in total. The SMILES string of the molecule is CC(=O)NNC1=Nc2ccc([N+](=O)[O-])cc2NC(C)C1. The van der Waals surface area contributed by atoms with Crippen LogP contribution in [-0.2, 0) is 4.79 Å². The smallest absolute Gasteiger partial charge is 0.271 e. The van der Waals surface area contributed by atoms with Gasteiger partial charge in [0.1, 0.15) is 5.84 Å². The Morgan fingerprint density at radius 1 is 1.55 bits per heavy atom. The molecule has 0 aromatic heterocycles. The molecule has 8 heteroatoms. The van der Waals surface area contributed by atoms with Crippen molar-refractivity contribution in [3.63, 3.8) is 0 Å². The van der Waals surface area contributed by atoms with Gasteiger partial charge in [-0.2, -0.15) is 0 Å². The van der Waals surface area contributed by atoms with Crippen LogP contribution in [0.25, 0.3) is 0 Å². The molecule has 0 saturated heterocycles. The average Bonchev–Trinajstić information content (AvgIpc) is 2.52. The zero-order chi connectivity index (χ0) is 14.7. The Kier molecular flexibility index (Phi) is 3.83. The highest BCUT2D eigenvalue weighted by molar-refractivity contribution is 5.90. The predicted molar refractivity (Wildman–Crippen MR) is 74.8 cm³/mol. The first kappa shape index (κ1) is 13.8. The summed E-state index contributed by atoms with van der Waals surface area (Å²) in [5.74, 6) is 0.370. The summed E-state index contributed by atoms with van der Waals surface area (Å²) in [6, 6.07) is 4.46. The predicted octanol–water partition coefficient (Wildman–Crippen LogP) is 1.47. The summed E-state index contributed by atoms with van der Waals surface area (Å²) >= 11 is 0. The summed E-state index contributed by atoms with van der Waals surface area (Å²) in [6.45, 7) is 3.32. The van der Waals surface area contributed by atoms with Crippen LogP contribution in [0.5, 0.6) is 0 Å². The average molecular weight is 277 g/mol. The Balaban J connectivity index is 2.31. The van der Waals surface area contributed by atoms with Crippen molar-refractivity contribution in [2.45, 2.75) is 26.3 Å². The molecule has 0 spiro atoms. The number of nitrogens with one attached hydrogen (secondary N) is 3. The van der Waals surface area contributed by atoms with E-state index >= 15 is 0 Å². The maximum atomic E-state index is 10.9. The number of anilines is 1. The molecule has 0 radical (unpaired) electrons. The molecule has 1 aromatic rings. The molecular weight excluding hydrogens is 262 g/mol. The third kappa shape index (κ3) is 3.22. The van der Waals surface area contributed by atoms with E-state index < -0.39 is 4.92 Å². The highest BCUT2D eigenvalue weighted by Gasteiger charge is 2.18. The number of rotatable bonds is 1. The molecule has 2 rings (SSSR count). The third-order valence-electron chi connectivity index (χ3n) is 2.73. The molecule has 1 aliphatic rings. The second kappa shape index (κ2) is 5.55. The fraction of sp³-hybridized carbons (Fsp3) is 0.333. The van der Waals surface area contributed by atoms with Gasteiger partial charge < -0.3 is 5.32 Å². The summed E-state index contributed by atoms with van der Waals surface area (Å²) < 4.78 is 0. The van der Waals surface area contributed by atoms with E-state index in [4.69, 9.17) is 0 Å². The number of non-ortho nitro benzene ring substituents is 1. The largest absolute Gasteiger partial charge is 0.380 e. The van der Waals surface area contributed by atoms with Crippen LogP contribution < -0.4 is 16.2 Å². The number of nitro groups is 1. The monoisotopic (exact) mass is 277 g/mol. The van der Waals surface area contributed by atoms with Gasteiger partial charge in [-0.15, -0.1) is 0 Å². The van der Waals surface area contributed by atoms with Crippen molar-refractivity contribution in [3.05, 3.63) is 28.3 Å². The summed E-state index contributed by atoms with van der Waals surface area (Å²) in [6.07, 6.45) is 0.558. The topological polar surface area (TPSA) is 109 Å². The number of hydrazine groups is 1. The lowest BCUT2D eigenvalue weighted by Crippen LogP contribution is -2.41. The van der Waals surface area contributed by atoms with Crippen LogP contribution in [0.2, 0.25) is 0 Å².